The number of hydrogen-bond acceptors (Lipinski definition) is 8. The number of nitrogens with two attached hydrogens (primary N) is 1. The number of phenols is 1. The van der Waals surface area contributed by atoms with E-state index in [2.05, 4.69) is 5.32 Å². The number of likely N-dealkylation sites (tertiary alicyclic amines) is 1. The van der Waals surface area contributed by atoms with Crippen LogP contribution in [0.3, 0.4) is 0 Å². The Morgan fingerprint density at radius 3 is 2.08 bits per heavy atom. The van der Waals surface area contributed by atoms with Crippen LogP contribution in [-0.4, -0.2) is 91.7 Å². The van der Waals surface area contributed by atoms with Crippen molar-refractivity contribution in [2.45, 2.75) is 56.3 Å². The van der Waals surface area contributed by atoms with Gasteiger partial charge in [0, 0.05) is 6.54 Å². The first-order chi connectivity index (χ1) is 16.9. The third-order valence-corrected chi connectivity index (χ3v) is 5.55. The van der Waals surface area contributed by atoms with E-state index in [4.69, 9.17) is 21.1 Å². The molecule has 8 N–H and O–H groups in total. The van der Waals surface area contributed by atoms with Crippen molar-refractivity contribution in [3.63, 3.8) is 0 Å². The monoisotopic (exact) mass is 508 g/mol. The number of hydrogen-bond donors (Lipinski definition) is 7. The summed E-state index contributed by atoms with van der Waals surface area (Å²) in [4.78, 5) is 72.9. The summed E-state index contributed by atoms with van der Waals surface area (Å²) in [7, 11) is 0. The molecule has 0 bridgehead atoms. The lowest BCUT2D eigenvalue weighted by atomic mass is 10.0. The molecule has 14 heteroatoms. The second kappa shape index (κ2) is 12.5. The molecule has 4 unspecified atom stereocenters. The van der Waals surface area contributed by atoms with Gasteiger partial charge in [-0.15, -0.1) is 0 Å². The zero-order valence-electron chi connectivity index (χ0n) is 19.1. The average molecular weight is 508 g/mol. The van der Waals surface area contributed by atoms with E-state index in [1.807, 2.05) is 5.32 Å². The average Bonchev–Trinajstić information content (AvgIpc) is 3.28. The van der Waals surface area contributed by atoms with Gasteiger partial charge >= 0.3 is 17.9 Å². The first kappa shape index (κ1) is 28.0. The van der Waals surface area contributed by atoms with E-state index in [1.54, 1.807) is 12.1 Å². The minimum absolute atomic E-state index is 0.0486. The second-order valence-electron chi connectivity index (χ2n) is 8.32. The van der Waals surface area contributed by atoms with Gasteiger partial charge in [-0.2, -0.15) is 0 Å². The fourth-order valence-electron chi connectivity index (χ4n) is 3.79. The van der Waals surface area contributed by atoms with Gasteiger partial charge in [-0.1, -0.05) is 12.1 Å². The van der Waals surface area contributed by atoms with Crippen molar-refractivity contribution in [2.75, 3.05) is 6.54 Å². The van der Waals surface area contributed by atoms with Crippen molar-refractivity contribution in [1.82, 2.24) is 15.5 Å². The molecule has 0 radical (unpaired) electrons. The summed E-state index contributed by atoms with van der Waals surface area (Å²) in [5.41, 5.74) is 6.72. The molecule has 14 nitrogen and oxygen atoms in total. The Hall–Kier alpha value is -4.20. The van der Waals surface area contributed by atoms with Crippen LogP contribution in [-0.2, 0) is 35.2 Å². The largest absolute Gasteiger partial charge is 0.508 e. The molecule has 0 aliphatic carbocycles. The third kappa shape index (κ3) is 7.94. The number of nitrogens with one attached hydrogen (secondary N) is 2. The molecule has 1 fully saturated rings. The number of amides is 3. The minimum atomic E-state index is -1.84. The Labute approximate surface area is 205 Å². The molecule has 1 aromatic rings. The van der Waals surface area contributed by atoms with Crippen molar-refractivity contribution >= 4 is 35.6 Å². The molecule has 0 saturated carbocycles. The highest BCUT2D eigenvalue weighted by molar-refractivity contribution is 5.96. The van der Waals surface area contributed by atoms with E-state index >= 15 is 0 Å². The van der Waals surface area contributed by atoms with E-state index in [0.29, 0.717) is 12.0 Å². The molecule has 4 atom stereocenters. The van der Waals surface area contributed by atoms with Crippen LogP contribution >= 0.6 is 0 Å². The molecular weight excluding hydrogens is 480 g/mol. The summed E-state index contributed by atoms with van der Waals surface area (Å²) in [6, 6.07) is 0.478. The smallest absolute Gasteiger partial charge is 0.326 e. The van der Waals surface area contributed by atoms with Gasteiger partial charge < -0.3 is 41.7 Å². The van der Waals surface area contributed by atoms with Gasteiger partial charge in [0.1, 0.15) is 23.9 Å². The summed E-state index contributed by atoms with van der Waals surface area (Å²) in [6.07, 6.45) is -1.06. The molecule has 0 spiro atoms. The fraction of sp³-hybridized carbons (Fsp3) is 0.455. The van der Waals surface area contributed by atoms with Crippen molar-refractivity contribution in [2.24, 2.45) is 5.73 Å². The molecule has 1 aliphatic heterocycles. The zero-order chi connectivity index (χ0) is 27.0. The number of rotatable bonds is 12. The van der Waals surface area contributed by atoms with Crippen molar-refractivity contribution in [1.29, 1.82) is 0 Å². The van der Waals surface area contributed by atoms with E-state index in [1.165, 1.54) is 17.0 Å². The predicted molar refractivity (Wildman–Crippen MR) is 121 cm³/mol. The Kier molecular flexibility index (Phi) is 9.73. The van der Waals surface area contributed by atoms with E-state index in [0.717, 1.165) is 0 Å². The van der Waals surface area contributed by atoms with Crippen LogP contribution in [0.25, 0.3) is 0 Å². The lowest BCUT2D eigenvalue weighted by molar-refractivity contribution is -0.148. The summed E-state index contributed by atoms with van der Waals surface area (Å²) in [5, 5.41) is 40.6. The van der Waals surface area contributed by atoms with Crippen LogP contribution < -0.4 is 16.4 Å². The Morgan fingerprint density at radius 2 is 1.53 bits per heavy atom. The maximum absolute atomic E-state index is 12.9. The SMILES string of the molecule is NC(Cc1ccc(O)cc1)C(=O)N1CCCC1C(=O)NC(CC(=O)O)C(=O)NC(CC(=O)O)C(=O)O. The molecule has 3 amide bonds. The van der Waals surface area contributed by atoms with Crippen LogP contribution in [0.4, 0.5) is 0 Å². The van der Waals surface area contributed by atoms with Crippen molar-refractivity contribution in [3.8, 4) is 5.75 Å². The molecule has 2 rings (SSSR count). The number of carbonyl (C=O) groups excluding carboxylic acids is 3. The molecule has 1 aromatic carbocycles. The highest BCUT2D eigenvalue weighted by Gasteiger charge is 2.38. The molecule has 0 aromatic heterocycles. The number of aliphatic carboxylic acids is 3. The molecule has 36 heavy (non-hydrogen) atoms. The van der Waals surface area contributed by atoms with Gasteiger partial charge in [-0.25, -0.2) is 4.79 Å². The minimum Gasteiger partial charge on any atom is -0.508 e. The highest BCUT2D eigenvalue weighted by Crippen LogP contribution is 2.20. The fourth-order valence-corrected chi connectivity index (χ4v) is 3.79. The maximum atomic E-state index is 12.9. The summed E-state index contributed by atoms with van der Waals surface area (Å²) >= 11 is 0. The van der Waals surface area contributed by atoms with E-state index in [-0.39, 0.29) is 25.1 Å². The zero-order valence-corrected chi connectivity index (χ0v) is 19.1. The molecular formula is C22H28N4O10. The third-order valence-electron chi connectivity index (χ3n) is 5.55. The van der Waals surface area contributed by atoms with E-state index in [9.17, 15) is 33.9 Å². The lowest BCUT2D eigenvalue weighted by Crippen LogP contribution is -2.57. The quantitative estimate of drug-likeness (QED) is 0.167. The number of benzene rings is 1. The van der Waals surface area contributed by atoms with Gasteiger partial charge in [-0.05, 0) is 37.0 Å². The normalized spacial score (nSPS) is 17.5. The van der Waals surface area contributed by atoms with Crippen LogP contribution in [0, 0.1) is 0 Å². The number of carboxylic acids is 3. The van der Waals surface area contributed by atoms with Crippen LogP contribution in [0.5, 0.6) is 5.75 Å². The summed E-state index contributed by atoms with van der Waals surface area (Å²) < 4.78 is 0. The van der Waals surface area contributed by atoms with Crippen molar-refractivity contribution in [3.05, 3.63) is 29.8 Å². The standard InChI is InChI=1S/C22H28N4O10/c23-13(8-11-3-5-12(27)6-4-11)21(34)26-7-1-2-16(26)20(33)24-14(9-17(28)29)19(32)25-15(22(35)36)10-18(30)31/h3-6,13-16,27H,1-2,7-10,23H2,(H,24,33)(H,25,32)(H,28,29)(H,30,31)(H,35,36). The van der Waals surface area contributed by atoms with Gasteiger partial charge in [0.2, 0.25) is 17.7 Å². The Morgan fingerprint density at radius 1 is 0.944 bits per heavy atom. The Balaban J connectivity index is 2.09. The van der Waals surface area contributed by atoms with Crippen LogP contribution in [0.1, 0.15) is 31.2 Å². The number of aromatic hydroxyl groups is 1. The lowest BCUT2D eigenvalue weighted by Gasteiger charge is -2.28. The number of phenolic OH excluding ortho intramolecular Hbond substituents is 1. The molecule has 1 saturated heterocycles. The Bertz CT molecular complexity index is 1010. The number of carboxylic acid groups (broad SMARTS) is 3. The molecule has 1 heterocycles. The topological polar surface area (TPSA) is 237 Å². The number of carbonyl (C=O) groups is 6. The predicted octanol–water partition coefficient (Wildman–Crippen LogP) is -1.74. The first-order valence-corrected chi connectivity index (χ1v) is 11.0. The first-order valence-electron chi connectivity index (χ1n) is 11.0. The van der Waals surface area contributed by atoms with Gasteiger partial charge in [0.05, 0.1) is 18.9 Å². The maximum Gasteiger partial charge on any atom is 0.326 e. The van der Waals surface area contributed by atoms with Gasteiger partial charge in [0.15, 0.2) is 0 Å². The summed E-state index contributed by atoms with van der Waals surface area (Å²) in [5.74, 6) is -7.15. The van der Waals surface area contributed by atoms with Crippen LogP contribution in [0.2, 0.25) is 0 Å². The molecule has 1 aliphatic rings. The van der Waals surface area contributed by atoms with Crippen molar-refractivity contribution < 1.29 is 49.2 Å². The van der Waals surface area contributed by atoms with Gasteiger partial charge in [-0.3, -0.25) is 24.0 Å². The van der Waals surface area contributed by atoms with E-state index < -0.39 is 72.6 Å². The highest BCUT2D eigenvalue weighted by atomic mass is 16.4. The summed E-state index contributed by atoms with van der Waals surface area (Å²) in [6.45, 7) is 0.204. The van der Waals surface area contributed by atoms with Gasteiger partial charge in [0.25, 0.3) is 0 Å². The van der Waals surface area contributed by atoms with Crippen LogP contribution in [0.15, 0.2) is 24.3 Å². The molecule has 196 valence electrons. The number of nitrogens with zero attached hydrogens (tertiary/aromatic N) is 1. The second-order valence-corrected chi connectivity index (χ2v) is 8.32.